The Labute approximate surface area is 123 Å². The first-order valence-electron chi connectivity index (χ1n) is 6.59. The van der Waals surface area contributed by atoms with Crippen molar-refractivity contribution < 1.29 is 4.39 Å². The molecule has 0 aliphatic heterocycles. The maximum absolute atomic E-state index is 12.9. The molecule has 0 heterocycles. The summed E-state index contributed by atoms with van der Waals surface area (Å²) in [6, 6.07) is 12.3. The van der Waals surface area contributed by atoms with E-state index in [4.69, 9.17) is 17.3 Å². The maximum Gasteiger partial charge on any atom is 0.123 e. The van der Waals surface area contributed by atoms with Gasteiger partial charge in [0.15, 0.2) is 0 Å². The molecule has 4 heteroatoms. The van der Waals surface area contributed by atoms with Gasteiger partial charge >= 0.3 is 0 Å². The van der Waals surface area contributed by atoms with Gasteiger partial charge in [0.25, 0.3) is 0 Å². The van der Waals surface area contributed by atoms with Gasteiger partial charge in [-0.1, -0.05) is 29.8 Å². The Bertz CT molecular complexity index is 569. The molecule has 2 aromatic carbocycles. The molecule has 20 heavy (non-hydrogen) atoms. The molecule has 0 aromatic heterocycles. The molecule has 106 valence electrons. The summed E-state index contributed by atoms with van der Waals surface area (Å²) >= 11 is 6.13. The largest absolute Gasteiger partial charge is 0.399 e. The van der Waals surface area contributed by atoms with Gasteiger partial charge in [-0.05, 0) is 55.3 Å². The first-order chi connectivity index (χ1) is 9.56. The van der Waals surface area contributed by atoms with Crippen LogP contribution in [-0.4, -0.2) is 6.54 Å². The van der Waals surface area contributed by atoms with Crippen LogP contribution < -0.4 is 11.1 Å². The molecule has 0 unspecified atom stereocenters. The van der Waals surface area contributed by atoms with E-state index >= 15 is 0 Å². The molecule has 2 aromatic rings. The second-order valence-corrected chi connectivity index (χ2v) is 5.24. The number of nitrogens with two attached hydrogens (primary N) is 1. The quantitative estimate of drug-likeness (QED) is 0.819. The van der Waals surface area contributed by atoms with E-state index in [2.05, 4.69) is 12.2 Å². The molecule has 0 saturated heterocycles. The van der Waals surface area contributed by atoms with Gasteiger partial charge in [0.2, 0.25) is 0 Å². The number of benzene rings is 2. The van der Waals surface area contributed by atoms with E-state index in [0.29, 0.717) is 10.7 Å². The molecule has 0 bridgehead atoms. The number of halogens is 2. The molecule has 0 amide bonds. The molecule has 3 N–H and O–H groups in total. The Morgan fingerprint density at radius 1 is 1.20 bits per heavy atom. The van der Waals surface area contributed by atoms with Crippen molar-refractivity contribution in [2.24, 2.45) is 0 Å². The van der Waals surface area contributed by atoms with Crippen LogP contribution in [0.1, 0.15) is 24.1 Å². The summed E-state index contributed by atoms with van der Waals surface area (Å²) in [5.74, 6) is -0.213. The fourth-order valence-corrected chi connectivity index (χ4v) is 2.34. The molecule has 0 saturated carbocycles. The Kier molecular flexibility index (Phi) is 4.99. The average Bonchev–Trinajstić information content (AvgIpc) is 2.42. The predicted octanol–water partition coefficient (Wildman–Crippen LogP) is 3.95. The van der Waals surface area contributed by atoms with E-state index < -0.39 is 0 Å². The number of hydrogen-bond acceptors (Lipinski definition) is 2. The van der Waals surface area contributed by atoms with E-state index in [1.165, 1.54) is 12.1 Å². The number of nitrogens with one attached hydrogen (secondary N) is 1. The molecule has 1 atom stereocenters. The zero-order valence-corrected chi connectivity index (χ0v) is 12.1. The summed E-state index contributed by atoms with van der Waals surface area (Å²) in [4.78, 5) is 0. The number of anilines is 1. The van der Waals surface area contributed by atoms with Gasteiger partial charge in [0, 0.05) is 16.8 Å². The summed E-state index contributed by atoms with van der Waals surface area (Å²) in [6.45, 7) is 2.85. The first kappa shape index (κ1) is 14.8. The summed E-state index contributed by atoms with van der Waals surface area (Å²) in [7, 11) is 0. The molecule has 2 nitrogen and oxygen atoms in total. The van der Waals surface area contributed by atoms with Gasteiger partial charge in [-0.25, -0.2) is 4.39 Å². The van der Waals surface area contributed by atoms with E-state index in [9.17, 15) is 4.39 Å². The summed E-state index contributed by atoms with van der Waals surface area (Å²) < 4.78 is 12.9. The van der Waals surface area contributed by atoms with Crippen LogP contribution in [0.5, 0.6) is 0 Å². The smallest absolute Gasteiger partial charge is 0.123 e. The van der Waals surface area contributed by atoms with Gasteiger partial charge in [0.1, 0.15) is 5.82 Å². The third-order valence-corrected chi connectivity index (χ3v) is 3.64. The van der Waals surface area contributed by atoms with Gasteiger partial charge in [-0.15, -0.1) is 0 Å². The second kappa shape index (κ2) is 6.73. The first-order valence-corrected chi connectivity index (χ1v) is 6.97. The fraction of sp³-hybridized carbons (Fsp3) is 0.250. The van der Waals surface area contributed by atoms with Crippen molar-refractivity contribution in [1.29, 1.82) is 0 Å². The fourth-order valence-electron chi connectivity index (χ4n) is 2.06. The topological polar surface area (TPSA) is 38.0 Å². The molecule has 0 spiro atoms. The standard InChI is InChI=1S/C16H18ClFN2/c1-11(12-2-5-14(18)6-3-12)20-9-8-13-4-7-15(19)10-16(13)17/h2-7,10-11,20H,8-9,19H2,1H3/t11-/m1/s1. The van der Waals surface area contributed by atoms with Gasteiger partial charge in [-0.3, -0.25) is 0 Å². The normalized spacial score (nSPS) is 12.3. The van der Waals surface area contributed by atoms with Crippen LogP contribution in [0.15, 0.2) is 42.5 Å². The summed E-state index contributed by atoms with van der Waals surface area (Å²) in [6.07, 6.45) is 0.824. The molecule has 0 radical (unpaired) electrons. The highest BCUT2D eigenvalue weighted by atomic mass is 35.5. The second-order valence-electron chi connectivity index (χ2n) is 4.83. The number of nitrogen functional groups attached to an aromatic ring is 1. The molecule has 0 fully saturated rings. The van der Waals surface area contributed by atoms with E-state index in [1.54, 1.807) is 18.2 Å². The zero-order chi connectivity index (χ0) is 14.5. The summed E-state index contributed by atoms with van der Waals surface area (Å²) in [5, 5.41) is 4.09. The minimum absolute atomic E-state index is 0.170. The van der Waals surface area contributed by atoms with Crippen LogP contribution in [0, 0.1) is 5.82 Å². The monoisotopic (exact) mass is 292 g/mol. The SMILES string of the molecule is C[C@@H](NCCc1ccc(N)cc1Cl)c1ccc(F)cc1. The number of hydrogen-bond donors (Lipinski definition) is 2. The van der Waals surface area contributed by atoms with Gasteiger partial charge in [-0.2, -0.15) is 0 Å². The van der Waals surface area contributed by atoms with Gasteiger partial charge < -0.3 is 11.1 Å². The number of rotatable bonds is 5. The average molecular weight is 293 g/mol. The third-order valence-electron chi connectivity index (χ3n) is 3.29. The lowest BCUT2D eigenvalue weighted by atomic mass is 10.1. The van der Waals surface area contributed by atoms with Crippen LogP contribution in [0.4, 0.5) is 10.1 Å². The van der Waals surface area contributed by atoms with Crippen molar-refractivity contribution in [1.82, 2.24) is 5.32 Å². The lowest BCUT2D eigenvalue weighted by Gasteiger charge is -2.14. The Hall–Kier alpha value is -1.58. The highest BCUT2D eigenvalue weighted by Crippen LogP contribution is 2.20. The van der Waals surface area contributed by atoms with Crippen molar-refractivity contribution in [2.75, 3.05) is 12.3 Å². The minimum atomic E-state index is -0.213. The van der Waals surface area contributed by atoms with Gasteiger partial charge in [0.05, 0.1) is 0 Å². The lowest BCUT2D eigenvalue weighted by Crippen LogP contribution is -2.21. The van der Waals surface area contributed by atoms with Crippen molar-refractivity contribution >= 4 is 17.3 Å². The highest BCUT2D eigenvalue weighted by molar-refractivity contribution is 6.31. The van der Waals surface area contributed by atoms with Crippen LogP contribution in [0.2, 0.25) is 5.02 Å². The molecular weight excluding hydrogens is 275 g/mol. The molecular formula is C16H18ClFN2. The summed E-state index contributed by atoms with van der Waals surface area (Å²) in [5.41, 5.74) is 8.47. The highest BCUT2D eigenvalue weighted by Gasteiger charge is 2.06. The van der Waals surface area contributed by atoms with Crippen molar-refractivity contribution in [3.8, 4) is 0 Å². The van der Waals surface area contributed by atoms with Crippen LogP contribution in [0.25, 0.3) is 0 Å². The van der Waals surface area contributed by atoms with E-state index in [0.717, 1.165) is 24.1 Å². The van der Waals surface area contributed by atoms with E-state index in [-0.39, 0.29) is 11.9 Å². The minimum Gasteiger partial charge on any atom is -0.399 e. The van der Waals surface area contributed by atoms with Crippen molar-refractivity contribution in [3.63, 3.8) is 0 Å². The zero-order valence-electron chi connectivity index (χ0n) is 11.4. The third kappa shape index (κ3) is 3.95. The van der Waals surface area contributed by atoms with Crippen LogP contribution >= 0.6 is 11.6 Å². The lowest BCUT2D eigenvalue weighted by molar-refractivity contribution is 0.573. The van der Waals surface area contributed by atoms with Crippen molar-refractivity contribution in [2.45, 2.75) is 19.4 Å². The molecule has 0 aliphatic carbocycles. The van der Waals surface area contributed by atoms with Crippen molar-refractivity contribution in [3.05, 3.63) is 64.4 Å². The molecule has 0 aliphatic rings. The Morgan fingerprint density at radius 2 is 1.90 bits per heavy atom. The molecule has 2 rings (SSSR count). The van der Waals surface area contributed by atoms with Crippen LogP contribution in [0.3, 0.4) is 0 Å². The Morgan fingerprint density at radius 3 is 2.55 bits per heavy atom. The van der Waals surface area contributed by atoms with E-state index in [1.807, 2.05) is 12.1 Å². The predicted molar refractivity (Wildman–Crippen MR) is 82.4 cm³/mol. The van der Waals surface area contributed by atoms with Crippen LogP contribution in [-0.2, 0) is 6.42 Å². The Balaban J connectivity index is 1.87. The maximum atomic E-state index is 12.9.